The van der Waals surface area contributed by atoms with Crippen LogP contribution in [0.1, 0.15) is 30.9 Å². The summed E-state index contributed by atoms with van der Waals surface area (Å²) < 4.78 is 0. The monoisotopic (exact) mass is 190 g/mol. The van der Waals surface area contributed by atoms with Crippen molar-refractivity contribution in [3.8, 4) is 0 Å². The Morgan fingerprint density at radius 1 is 1.29 bits per heavy atom. The second kappa shape index (κ2) is 3.39. The molecule has 1 atom stereocenters. The minimum absolute atomic E-state index is 0.491. The Morgan fingerprint density at radius 2 is 1.86 bits per heavy atom. The molecule has 1 aromatic carbocycles. The molecular formula is C13H18O. The third-order valence-corrected chi connectivity index (χ3v) is 3.14. The number of benzene rings is 1. The Kier molecular flexibility index (Phi) is 2.36. The molecule has 1 fully saturated rings. The van der Waals surface area contributed by atoms with Crippen LogP contribution < -0.4 is 0 Å². The Hall–Kier alpha value is -0.820. The van der Waals surface area contributed by atoms with Crippen molar-refractivity contribution in [2.24, 2.45) is 5.92 Å². The minimum atomic E-state index is -0.491. The molecule has 1 aromatic rings. The molecule has 76 valence electrons. The average Bonchev–Trinajstić information content (AvgIpc) is 2.91. The van der Waals surface area contributed by atoms with Crippen LogP contribution >= 0.6 is 0 Å². The van der Waals surface area contributed by atoms with Gasteiger partial charge in [-0.25, -0.2) is 0 Å². The zero-order valence-corrected chi connectivity index (χ0v) is 8.96. The molecule has 2 rings (SSSR count). The number of hydrogen-bond donors (Lipinski definition) is 1. The molecule has 1 saturated carbocycles. The van der Waals surface area contributed by atoms with Crippen molar-refractivity contribution in [2.45, 2.75) is 38.7 Å². The minimum Gasteiger partial charge on any atom is -0.390 e. The molecule has 1 heteroatoms. The summed E-state index contributed by atoms with van der Waals surface area (Å²) in [7, 11) is 0. The van der Waals surface area contributed by atoms with E-state index >= 15 is 0 Å². The van der Waals surface area contributed by atoms with Crippen LogP contribution in [0, 0.1) is 12.8 Å². The molecule has 0 amide bonds. The summed E-state index contributed by atoms with van der Waals surface area (Å²) >= 11 is 0. The van der Waals surface area contributed by atoms with E-state index in [0.717, 1.165) is 6.42 Å². The number of aryl methyl sites for hydroxylation is 1. The van der Waals surface area contributed by atoms with Gasteiger partial charge in [0, 0.05) is 6.42 Å². The summed E-state index contributed by atoms with van der Waals surface area (Å²) in [6.07, 6.45) is 3.18. The van der Waals surface area contributed by atoms with Gasteiger partial charge in [0.15, 0.2) is 0 Å². The van der Waals surface area contributed by atoms with Gasteiger partial charge >= 0.3 is 0 Å². The maximum absolute atomic E-state index is 10.2. The Bertz CT molecular complexity index is 307. The average molecular weight is 190 g/mol. The lowest BCUT2D eigenvalue weighted by Crippen LogP contribution is -2.29. The maximum atomic E-state index is 10.2. The predicted molar refractivity (Wildman–Crippen MR) is 58.2 cm³/mol. The molecule has 0 aliphatic heterocycles. The van der Waals surface area contributed by atoms with Crippen molar-refractivity contribution in [1.82, 2.24) is 0 Å². The van der Waals surface area contributed by atoms with E-state index < -0.39 is 5.60 Å². The molecule has 1 aliphatic carbocycles. The standard InChI is InChI=1S/C13H18O/c1-10-3-5-11(6-4-10)9-13(2,14)12-7-8-12/h3-6,12,14H,7-9H2,1-2H3. The first kappa shape index (κ1) is 9.72. The lowest BCUT2D eigenvalue weighted by Gasteiger charge is -2.22. The van der Waals surface area contributed by atoms with Gasteiger partial charge in [-0.1, -0.05) is 29.8 Å². The van der Waals surface area contributed by atoms with Gasteiger partial charge in [-0.15, -0.1) is 0 Å². The van der Waals surface area contributed by atoms with Crippen LogP contribution in [-0.4, -0.2) is 10.7 Å². The van der Waals surface area contributed by atoms with Gasteiger partial charge in [0.05, 0.1) is 5.60 Å². The van der Waals surface area contributed by atoms with Crippen LogP contribution in [0.15, 0.2) is 24.3 Å². The van der Waals surface area contributed by atoms with Crippen LogP contribution in [0.4, 0.5) is 0 Å². The van der Waals surface area contributed by atoms with Crippen molar-refractivity contribution in [3.63, 3.8) is 0 Å². The zero-order chi connectivity index (χ0) is 10.2. The molecule has 1 unspecified atom stereocenters. The molecule has 14 heavy (non-hydrogen) atoms. The molecular weight excluding hydrogens is 172 g/mol. The van der Waals surface area contributed by atoms with Crippen molar-refractivity contribution in [3.05, 3.63) is 35.4 Å². The van der Waals surface area contributed by atoms with Crippen LogP contribution in [0.2, 0.25) is 0 Å². The van der Waals surface area contributed by atoms with Gasteiger partial charge in [-0.3, -0.25) is 0 Å². The van der Waals surface area contributed by atoms with Crippen molar-refractivity contribution in [1.29, 1.82) is 0 Å². The summed E-state index contributed by atoms with van der Waals surface area (Å²) in [6, 6.07) is 8.45. The van der Waals surface area contributed by atoms with Crippen LogP contribution in [0.3, 0.4) is 0 Å². The number of rotatable bonds is 3. The lowest BCUT2D eigenvalue weighted by molar-refractivity contribution is 0.0372. The summed E-state index contributed by atoms with van der Waals surface area (Å²) in [5.74, 6) is 0.531. The van der Waals surface area contributed by atoms with Gasteiger partial charge < -0.3 is 5.11 Å². The van der Waals surface area contributed by atoms with Gasteiger partial charge in [0.25, 0.3) is 0 Å². The number of hydrogen-bond acceptors (Lipinski definition) is 1. The molecule has 1 nitrogen and oxygen atoms in total. The lowest BCUT2D eigenvalue weighted by atomic mass is 9.91. The molecule has 0 saturated heterocycles. The molecule has 0 aromatic heterocycles. The van der Waals surface area contributed by atoms with Crippen LogP contribution in [0.5, 0.6) is 0 Å². The first-order chi connectivity index (χ1) is 6.58. The second-order valence-electron chi connectivity index (χ2n) is 4.79. The third-order valence-electron chi connectivity index (χ3n) is 3.14. The van der Waals surface area contributed by atoms with Gasteiger partial charge in [-0.05, 0) is 38.2 Å². The topological polar surface area (TPSA) is 20.2 Å². The molecule has 0 bridgehead atoms. The molecule has 1 aliphatic rings. The van der Waals surface area contributed by atoms with E-state index in [-0.39, 0.29) is 0 Å². The first-order valence-corrected chi connectivity index (χ1v) is 5.36. The Labute approximate surface area is 85.8 Å². The summed E-state index contributed by atoms with van der Waals surface area (Å²) in [5.41, 5.74) is 2.03. The zero-order valence-electron chi connectivity index (χ0n) is 8.96. The van der Waals surface area contributed by atoms with E-state index in [1.165, 1.54) is 24.0 Å². The summed E-state index contributed by atoms with van der Waals surface area (Å²) in [6.45, 7) is 4.05. The van der Waals surface area contributed by atoms with Gasteiger partial charge in [0.2, 0.25) is 0 Å². The van der Waals surface area contributed by atoms with Gasteiger partial charge in [0.1, 0.15) is 0 Å². The summed E-state index contributed by atoms with van der Waals surface area (Å²) in [5, 5.41) is 10.2. The quantitative estimate of drug-likeness (QED) is 0.777. The fraction of sp³-hybridized carbons (Fsp3) is 0.538. The van der Waals surface area contributed by atoms with E-state index in [0.29, 0.717) is 5.92 Å². The highest BCUT2D eigenvalue weighted by Gasteiger charge is 2.39. The van der Waals surface area contributed by atoms with E-state index in [4.69, 9.17) is 0 Å². The molecule has 0 radical (unpaired) electrons. The third kappa shape index (κ3) is 2.16. The van der Waals surface area contributed by atoms with E-state index in [9.17, 15) is 5.11 Å². The maximum Gasteiger partial charge on any atom is 0.0687 e. The smallest absolute Gasteiger partial charge is 0.0687 e. The fourth-order valence-corrected chi connectivity index (χ4v) is 1.97. The van der Waals surface area contributed by atoms with Crippen molar-refractivity contribution < 1.29 is 5.11 Å². The highest BCUT2D eigenvalue weighted by molar-refractivity contribution is 5.23. The number of aliphatic hydroxyl groups is 1. The van der Waals surface area contributed by atoms with Crippen LogP contribution in [-0.2, 0) is 6.42 Å². The predicted octanol–water partition coefficient (Wildman–Crippen LogP) is 2.70. The van der Waals surface area contributed by atoms with E-state index in [2.05, 4.69) is 31.2 Å². The molecule has 0 heterocycles. The molecule has 1 N–H and O–H groups in total. The van der Waals surface area contributed by atoms with Crippen molar-refractivity contribution >= 4 is 0 Å². The fourth-order valence-electron chi connectivity index (χ4n) is 1.97. The highest BCUT2D eigenvalue weighted by atomic mass is 16.3. The normalized spacial score (nSPS) is 20.5. The van der Waals surface area contributed by atoms with E-state index in [1.54, 1.807) is 0 Å². The van der Waals surface area contributed by atoms with Crippen molar-refractivity contribution in [2.75, 3.05) is 0 Å². The SMILES string of the molecule is Cc1ccc(CC(C)(O)C2CC2)cc1. The highest BCUT2D eigenvalue weighted by Crippen LogP contribution is 2.41. The van der Waals surface area contributed by atoms with Crippen LogP contribution in [0.25, 0.3) is 0 Å². The van der Waals surface area contributed by atoms with E-state index in [1.807, 2.05) is 6.92 Å². The largest absolute Gasteiger partial charge is 0.390 e. The molecule has 0 spiro atoms. The second-order valence-corrected chi connectivity index (χ2v) is 4.79. The Morgan fingerprint density at radius 3 is 2.36 bits per heavy atom. The Balaban J connectivity index is 2.06. The summed E-state index contributed by atoms with van der Waals surface area (Å²) in [4.78, 5) is 0. The van der Waals surface area contributed by atoms with Gasteiger partial charge in [-0.2, -0.15) is 0 Å². The first-order valence-electron chi connectivity index (χ1n) is 5.36.